The molecule has 1 saturated carbocycles. The summed E-state index contributed by atoms with van der Waals surface area (Å²) in [5, 5.41) is 2.90. The number of carbonyl (C=O) groups is 2. The highest BCUT2D eigenvalue weighted by Gasteiger charge is 2.42. The number of hydrogen-bond acceptors (Lipinski definition) is 2. The van der Waals surface area contributed by atoms with E-state index in [2.05, 4.69) is 101 Å². The number of rotatable bonds is 2. The molecule has 1 aliphatic carbocycles. The van der Waals surface area contributed by atoms with Gasteiger partial charge >= 0.3 is 0 Å². The average molecular weight is 657 g/mol. The van der Waals surface area contributed by atoms with Gasteiger partial charge in [-0.15, -0.1) is 0 Å². The lowest BCUT2D eigenvalue weighted by Crippen LogP contribution is -2.50. The standard InChI is InChI=1S/C10H11Br6NO2/c11-9(12,13)7(18)5-3-1-2-4-6(5)17-8(19)10(14,15)16/h5-6H,1-4H2,(H,17,19). The van der Waals surface area contributed by atoms with E-state index in [-0.39, 0.29) is 23.7 Å². The van der Waals surface area contributed by atoms with Crippen LogP contribution in [-0.4, -0.2) is 22.0 Å². The van der Waals surface area contributed by atoms with Crippen molar-refractivity contribution in [2.24, 2.45) is 5.92 Å². The minimum atomic E-state index is -0.994. The lowest BCUT2D eigenvalue weighted by Gasteiger charge is -2.34. The van der Waals surface area contributed by atoms with E-state index in [0.717, 1.165) is 25.7 Å². The molecule has 0 aromatic heterocycles. The van der Waals surface area contributed by atoms with Gasteiger partial charge in [0.1, 0.15) is 0 Å². The minimum Gasteiger partial charge on any atom is -0.350 e. The van der Waals surface area contributed by atoms with Crippen LogP contribution in [0, 0.1) is 5.92 Å². The Morgan fingerprint density at radius 3 is 1.89 bits per heavy atom. The number of alkyl halides is 6. The number of nitrogens with one attached hydrogen (secondary N) is 1. The van der Waals surface area contributed by atoms with Crippen molar-refractivity contribution in [2.45, 2.75) is 36.0 Å². The Hall–Kier alpha value is 2.02. The highest BCUT2D eigenvalue weighted by atomic mass is 80.0. The average Bonchev–Trinajstić information content (AvgIpc) is 2.26. The first kappa shape index (κ1) is 19.1. The quantitative estimate of drug-likeness (QED) is 0.430. The molecule has 1 fully saturated rings. The fourth-order valence-corrected chi connectivity index (χ4v) is 3.30. The van der Waals surface area contributed by atoms with Crippen LogP contribution in [0.3, 0.4) is 0 Å². The molecule has 0 radical (unpaired) electrons. The van der Waals surface area contributed by atoms with Crippen LogP contribution in [-0.2, 0) is 9.59 Å². The van der Waals surface area contributed by atoms with Gasteiger partial charge in [0.15, 0.2) is 7.93 Å². The van der Waals surface area contributed by atoms with Crippen LogP contribution >= 0.6 is 95.6 Å². The Balaban J connectivity index is 2.79. The zero-order valence-electron chi connectivity index (χ0n) is 9.57. The summed E-state index contributed by atoms with van der Waals surface area (Å²) in [6.07, 6.45) is 3.57. The Kier molecular flexibility index (Phi) is 7.55. The van der Waals surface area contributed by atoms with Crippen LogP contribution < -0.4 is 5.32 Å². The van der Waals surface area contributed by atoms with Crippen molar-refractivity contribution in [3.63, 3.8) is 0 Å². The number of ketones is 1. The van der Waals surface area contributed by atoms with Gasteiger partial charge in [-0.1, -0.05) is 60.6 Å². The van der Waals surface area contributed by atoms with E-state index in [1.54, 1.807) is 0 Å². The highest BCUT2D eigenvalue weighted by Crippen LogP contribution is 2.41. The maximum atomic E-state index is 12.3. The summed E-state index contributed by atoms with van der Waals surface area (Å²) in [6, 6.07) is -0.159. The third-order valence-electron chi connectivity index (χ3n) is 2.96. The molecule has 1 N–H and O–H groups in total. The van der Waals surface area contributed by atoms with Crippen LogP contribution in [0.4, 0.5) is 0 Å². The first-order valence-corrected chi connectivity index (χ1v) is 10.3. The fraction of sp³-hybridized carbons (Fsp3) is 0.800. The van der Waals surface area contributed by atoms with E-state index in [9.17, 15) is 9.59 Å². The van der Waals surface area contributed by atoms with E-state index >= 15 is 0 Å². The molecule has 1 amide bonds. The molecular weight excluding hydrogens is 646 g/mol. The molecule has 2 unspecified atom stereocenters. The summed E-state index contributed by atoms with van der Waals surface area (Å²) in [7, 11) is 0. The molecule has 2 atom stereocenters. The molecule has 0 saturated heterocycles. The summed E-state index contributed by atoms with van der Waals surface area (Å²) in [5.74, 6) is -0.478. The first-order valence-electron chi connectivity index (χ1n) is 5.52. The molecule has 1 aliphatic rings. The molecular formula is C10H11Br6NO2. The monoisotopic (exact) mass is 651 g/mol. The Morgan fingerprint density at radius 1 is 0.895 bits per heavy atom. The summed E-state index contributed by atoms with van der Waals surface area (Å²) >= 11 is 19.3. The highest BCUT2D eigenvalue weighted by molar-refractivity contribution is 9.40. The van der Waals surface area contributed by atoms with Crippen molar-refractivity contribution in [2.75, 3.05) is 0 Å². The largest absolute Gasteiger partial charge is 0.350 e. The molecule has 0 heterocycles. The summed E-state index contributed by atoms with van der Waals surface area (Å²) in [6.45, 7) is 0. The Morgan fingerprint density at radius 2 is 1.42 bits per heavy atom. The molecule has 0 aliphatic heterocycles. The van der Waals surface area contributed by atoms with Crippen molar-refractivity contribution in [1.29, 1.82) is 0 Å². The van der Waals surface area contributed by atoms with Crippen molar-refractivity contribution in [3.8, 4) is 0 Å². The molecule has 0 bridgehead atoms. The summed E-state index contributed by atoms with van der Waals surface area (Å²) in [4.78, 5) is 24.3. The van der Waals surface area contributed by atoms with E-state index < -0.39 is 4.29 Å². The number of Topliss-reactive ketones (excluding diaryl/α,β-unsaturated/α-hetero) is 1. The van der Waals surface area contributed by atoms with Gasteiger partial charge in [-0.3, -0.25) is 9.59 Å². The normalized spacial score (nSPS) is 24.9. The van der Waals surface area contributed by atoms with E-state index in [1.807, 2.05) is 0 Å². The third-order valence-corrected chi connectivity index (χ3v) is 5.21. The second-order valence-corrected chi connectivity index (χ2v) is 17.9. The molecule has 3 nitrogen and oxygen atoms in total. The first-order chi connectivity index (χ1) is 8.53. The summed E-state index contributed by atoms with van der Waals surface area (Å²) < 4.78 is -1.92. The second-order valence-electron chi connectivity index (χ2n) is 4.33. The number of halogens is 6. The second kappa shape index (κ2) is 7.53. The molecule has 19 heavy (non-hydrogen) atoms. The molecule has 9 heteroatoms. The van der Waals surface area contributed by atoms with Crippen molar-refractivity contribution < 1.29 is 9.59 Å². The van der Waals surface area contributed by atoms with Crippen molar-refractivity contribution >= 4 is 107 Å². The van der Waals surface area contributed by atoms with Gasteiger partial charge < -0.3 is 5.32 Å². The molecule has 1 rings (SSSR count). The van der Waals surface area contributed by atoms with E-state index in [4.69, 9.17) is 0 Å². The molecule has 110 valence electrons. The summed E-state index contributed by atoms with van der Waals surface area (Å²) in [5.41, 5.74) is 0. The topological polar surface area (TPSA) is 46.2 Å². The van der Waals surface area contributed by atoms with Crippen LogP contribution in [0.2, 0.25) is 0 Å². The molecule has 0 aromatic carbocycles. The van der Waals surface area contributed by atoms with Gasteiger partial charge in [-0.2, -0.15) is 0 Å². The number of carbonyl (C=O) groups excluding carboxylic acids is 2. The van der Waals surface area contributed by atoms with E-state index in [0.29, 0.717) is 0 Å². The van der Waals surface area contributed by atoms with E-state index in [1.165, 1.54) is 0 Å². The van der Waals surface area contributed by atoms with Crippen LogP contribution in [0.15, 0.2) is 0 Å². The van der Waals surface area contributed by atoms with Crippen LogP contribution in [0.1, 0.15) is 25.7 Å². The van der Waals surface area contributed by atoms with Crippen LogP contribution in [0.25, 0.3) is 0 Å². The lowest BCUT2D eigenvalue weighted by atomic mass is 9.82. The van der Waals surface area contributed by atoms with Gasteiger partial charge in [0.05, 0.1) is 0 Å². The van der Waals surface area contributed by atoms with Crippen molar-refractivity contribution in [1.82, 2.24) is 5.32 Å². The zero-order valence-corrected chi connectivity index (χ0v) is 19.1. The SMILES string of the molecule is O=C(NC1CCCCC1C(=O)C(Br)(Br)Br)C(Br)(Br)Br. The number of amides is 1. The maximum Gasteiger partial charge on any atom is 0.258 e. The zero-order chi connectivity index (χ0) is 14.8. The Bertz CT molecular complexity index is 362. The predicted octanol–water partition coefficient (Wildman–Crippen LogP) is 4.91. The van der Waals surface area contributed by atoms with Gasteiger partial charge in [0.25, 0.3) is 5.91 Å². The van der Waals surface area contributed by atoms with Crippen LogP contribution in [0.5, 0.6) is 0 Å². The smallest absolute Gasteiger partial charge is 0.258 e. The van der Waals surface area contributed by atoms with Gasteiger partial charge in [-0.05, 0) is 60.6 Å². The number of hydrogen-bond donors (Lipinski definition) is 1. The predicted molar refractivity (Wildman–Crippen MR) is 97.9 cm³/mol. The van der Waals surface area contributed by atoms with Crippen molar-refractivity contribution in [3.05, 3.63) is 0 Å². The molecule has 0 aromatic rings. The lowest BCUT2D eigenvalue weighted by molar-refractivity contribution is -0.125. The van der Waals surface area contributed by atoms with Gasteiger partial charge in [-0.25, -0.2) is 0 Å². The van der Waals surface area contributed by atoms with Gasteiger partial charge in [0.2, 0.25) is 2.14 Å². The maximum absolute atomic E-state index is 12.3. The minimum absolute atomic E-state index is 0.0122. The third kappa shape index (κ3) is 5.96. The fourth-order valence-electron chi connectivity index (χ4n) is 2.08. The molecule has 0 spiro atoms. The van der Waals surface area contributed by atoms with Gasteiger partial charge in [0, 0.05) is 12.0 Å². The Labute approximate surface area is 162 Å².